The van der Waals surface area contributed by atoms with E-state index in [0.29, 0.717) is 24.3 Å². The molecule has 0 unspecified atom stereocenters. The van der Waals surface area contributed by atoms with Crippen LogP contribution in [0.5, 0.6) is 5.75 Å². The summed E-state index contributed by atoms with van der Waals surface area (Å²) in [5.74, 6) is 0.836. The highest BCUT2D eigenvalue weighted by Crippen LogP contribution is 2.40. The van der Waals surface area contributed by atoms with E-state index >= 15 is 0 Å². The predicted octanol–water partition coefficient (Wildman–Crippen LogP) is 2.17. The smallest absolute Gasteiger partial charge is 0.282 e. The van der Waals surface area contributed by atoms with Gasteiger partial charge in [-0.15, -0.1) is 0 Å². The Morgan fingerprint density at radius 1 is 1.33 bits per heavy atom. The van der Waals surface area contributed by atoms with E-state index in [0.717, 1.165) is 29.8 Å². The number of methoxy groups -OCH3 is 1. The van der Waals surface area contributed by atoms with Gasteiger partial charge in [-0.05, 0) is 30.5 Å². The fourth-order valence-electron chi connectivity index (χ4n) is 4.54. The summed E-state index contributed by atoms with van der Waals surface area (Å²) in [6, 6.07) is 4.04. The molecule has 0 radical (unpaired) electrons. The number of halogens is 2. The summed E-state index contributed by atoms with van der Waals surface area (Å²) >= 11 is 0. The van der Waals surface area contributed by atoms with Crippen molar-refractivity contribution in [3.05, 3.63) is 40.3 Å². The largest absolute Gasteiger partial charge is 0.496 e. The molecule has 3 N–H and O–H groups in total. The molecule has 0 bridgehead atoms. The quantitative estimate of drug-likeness (QED) is 0.527. The van der Waals surface area contributed by atoms with Crippen molar-refractivity contribution in [2.75, 3.05) is 39.1 Å². The number of aromatic nitrogens is 4. The average Bonchev–Trinajstić information content (AvgIpc) is 3.15. The molecule has 4 rings (SSSR count). The van der Waals surface area contributed by atoms with Gasteiger partial charge >= 0.3 is 0 Å². The van der Waals surface area contributed by atoms with Gasteiger partial charge in [-0.25, -0.2) is 23.4 Å². The van der Waals surface area contributed by atoms with Gasteiger partial charge in [0.05, 0.1) is 30.7 Å². The second-order valence-electron chi connectivity index (χ2n) is 8.06. The normalized spacial score (nSPS) is 14.6. The lowest BCUT2D eigenvalue weighted by Gasteiger charge is -2.40. The maximum atomic E-state index is 13.5. The van der Waals surface area contributed by atoms with Crippen molar-refractivity contribution in [3.63, 3.8) is 0 Å². The van der Waals surface area contributed by atoms with Gasteiger partial charge in [-0.1, -0.05) is 0 Å². The number of hydrogen-bond acceptors (Lipinski definition) is 8. The van der Waals surface area contributed by atoms with Crippen LogP contribution >= 0.6 is 0 Å². The summed E-state index contributed by atoms with van der Waals surface area (Å²) in [5, 5.41) is 23.0. The molecular weight excluding hydrogens is 432 g/mol. The first-order chi connectivity index (χ1) is 15.9. The van der Waals surface area contributed by atoms with E-state index in [1.807, 2.05) is 6.92 Å². The Morgan fingerprint density at radius 2 is 2.09 bits per heavy atom. The molecule has 9 nitrogen and oxygen atoms in total. The van der Waals surface area contributed by atoms with Crippen LogP contribution in [0.2, 0.25) is 0 Å². The first-order valence-electron chi connectivity index (χ1n) is 10.6. The van der Waals surface area contributed by atoms with Crippen LogP contribution in [0.25, 0.3) is 11.0 Å². The molecular formula is C22H25F2N7O2. The van der Waals surface area contributed by atoms with Crippen LogP contribution in [0, 0.1) is 18.3 Å². The zero-order valence-corrected chi connectivity index (χ0v) is 18.4. The van der Waals surface area contributed by atoms with E-state index < -0.39 is 12.1 Å². The highest BCUT2D eigenvalue weighted by molar-refractivity contribution is 5.88. The molecule has 0 saturated carbocycles. The second kappa shape index (κ2) is 9.25. The van der Waals surface area contributed by atoms with Crippen LogP contribution in [0.3, 0.4) is 0 Å². The van der Waals surface area contributed by atoms with Gasteiger partial charge in [0.1, 0.15) is 23.6 Å². The number of hydrogen-bond donors (Lipinski definition) is 2. The molecule has 1 saturated heterocycles. The van der Waals surface area contributed by atoms with Crippen LogP contribution in [-0.2, 0) is 13.0 Å². The number of fused-ring (bicyclic) bond motifs is 1. The molecule has 3 heterocycles. The van der Waals surface area contributed by atoms with Crippen LogP contribution in [-0.4, -0.2) is 63.1 Å². The second-order valence-corrected chi connectivity index (χ2v) is 8.06. The Hall–Kier alpha value is -3.36. The minimum Gasteiger partial charge on any atom is -0.496 e. The van der Waals surface area contributed by atoms with Gasteiger partial charge < -0.3 is 15.6 Å². The number of β-amino-alcohol motifs (C(OH)–C–C–N with tert-alkyl or cyclic N) is 1. The minimum atomic E-state index is -2.81. The van der Waals surface area contributed by atoms with Crippen molar-refractivity contribution < 1.29 is 18.6 Å². The van der Waals surface area contributed by atoms with Crippen molar-refractivity contribution in [3.8, 4) is 11.8 Å². The maximum absolute atomic E-state index is 13.5. The number of rotatable bonds is 8. The highest BCUT2D eigenvalue weighted by atomic mass is 19.3. The molecule has 33 heavy (non-hydrogen) atoms. The topological polar surface area (TPSA) is 126 Å². The highest BCUT2D eigenvalue weighted by Gasteiger charge is 2.33. The Kier molecular flexibility index (Phi) is 6.40. The Labute approximate surface area is 189 Å². The Balaban J connectivity index is 1.69. The molecule has 3 aromatic rings. The van der Waals surface area contributed by atoms with Gasteiger partial charge in [0, 0.05) is 37.7 Å². The van der Waals surface area contributed by atoms with Gasteiger partial charge in [0.15, 0.2) is 5.65 Å². The minimum absolute atomic E-state index is 0.0408. The third-order valence-electron chi connectivity index (χ3n) is 6.15. The molecule has 1 aliphatic rings. The van der Waals surface area contributed by atoms with Gasteiger partial charge in [0.25, 0.3) is 6.43 Å². The lowest BCUT2D eigenvalue weighted by molar-refractivity contribution is 0.114. The standard InChI is InChI=1S/C22H25F2N7O2/c1-12-14(8-25)7-13(19(33-2)16(12)15-9-30(10-15)5-6-32)3-4-31-22-17(18(29-31)20(23)24)21(26)27-11-28-22/h7,11,15,20,32H,3-6,9-10H2,1-2H3,(H2,26,27,28). The van der Waals surface area contributed by atoms with E-state index in [1.54, 1.807) is 13.2 Å². The molecule has 0 amide bonds. The van der Waals surface area contributed by atoms with Crippen LogP contribution in [0.4, 0.5) is 14.6 Å². The van der Waals surface area contributed by atoms with E-state index in [-0.39, 0.29) is 35.9 Å². The summed E-state index contributed by atoms with van der Waals surface area (Å²) in [6.45, 7) is 4.38. The molecule has 1 aromatic carbocycles. The first kappa shape index (κ1) is 22.8. The fourth-order valence-corrected chi connectivity index (χ4v) is 4.54. The van der Waals surface area contributed by atoms with Gasteiger partial charge in [-0.2, -0.15) is 10.4 Å². The Morgan fingerprint density at radius 3 is 2.73 bits per heavy atom. The van der Waals surface area contributed by atoms with E-state index in [4.69, 9.17) is 15.6 Å². The average molecular weight is 457 g/mol. The van der Waals surface area contributed by atoms with Crippen molar-refractivity contribution >= 4 is 16.9 Å². The molecule has 1 fully saturated rings. The summed E-state index contributed by atoms with van der Waals surface area (Å²) in [7, 11) is 1.59. The number of aliphatic hydroxyl groups excluding tert-OH is 1. The summed E-state index contributed by atoms with van der Waals surface area (Å²) in [6.07, 6.45) is -1.20. The summed E-state index contributed by atoms with van der Waals surface area (Å²) in [5.41, 5.74) is 8.79. The van der Waals surface area contributed by atoms with Crippen LogP contribution < -0.4 is 10.5 Å². The number of nitrogen functional groups attached to an aromatic ring is 1. The number of aliphatic hydroxyl groups is 1. The van der Waals surface area contributed by atoms with E-state index in [9.17, 15) is 14.0 Å². The number of nitriles is 1. The zero-order chi connectivity index (χ0) is 23.7. The number of nitrogens with two attached hydrogens (primary N) is 1. The first-order valence-corrected chi connectivity index (χ1v) is 10.6. The molecule has 11 heteroatoms. The van der Waals surface area contributed by atoms with Crippen molar-refractivity contribution in [1.82, 2.24) is 24.6 Å². The van der Waals surface area contributed by atoms with Crippen molar-refractivity contribution in [2.24, 2.45) is 0 Å². The third-order valence-corrected chi connectivity index (χ3v) is 6.15. The lowest BCUT2D eigenvalue weighted by atomic mass is 9.84. The number of aryl methyl sites for hydroxylation is 2. The van der Waals surface area contributed by atoms with Crippen LogP contribution in [0.15, 0.2) is 12.4 Å². The number of ether oxygens (including phenoxy) is 1. The number of likely N-dealkylation sites (tertiary alicyclic amines) is 1. The van der Waals surface area contributed by atoms with Crippen molar-refractivity contribution in [1.29, 1.82) is 5.26 Å². The SMILES string of the molecule is COc1c(CCn2nc(C(F)F)c3c(N)ncnc32)cc(C#N)c(C)c1C1CN(CCO)C1. The van der Waals surface area contributed by atoms with E-state index in [2.05, 4.69) is 26.0 Å². The monoisotopic (exact) mass is 457 g/mol. The number of alkyl halides is 2. The van der Waals surface area contributed by atoms with Crippen LogP contribution in [0.1, 0.15) is 40.3 Å². The number of nitrogens with zero attached hydrogens (tertiary/aromatic N) is 6. The van der Waals surface area contributed by atoms with Gasteiger partial charge in [-0.3, -0.25) is 4.90 Å². The Bertz CT molecular complexity index is 1220. The maximum Gasteiger partial charge on any atom is 0.282 e. The molecule has 174 valence electrons. The number of anilines is 1. The molecule has 0 aliphatic carbocycles. The third kappa shape index (κ3) is 4.07. The summed E-state index contributed by atoms with van der Waals surface area (Å²) < 4.78 is 34.2. The summed E-state index contributed by atoms with van der Waals surface area (Å²) in [4.78, 5) is 10.1. The predicted molar refractivity (Wildman–Crippen MR) is 117 cm³/mol. The zero-order valence-electron chi connectivity index (χ0n) is 18.4. The van der Waals surface area contributed by atoms with Crippen molar-refractivity contribution in [2.45, 2.75) is 32.2 Å². The molecule has 2 aromatic heterocycles. The van der Waals surface area contributed by atoms with Gasteiger partial charge in [0.2, 0.25) is 0 Å². The fraction of sp³-hybridized carbons (Fsp3) is 0.455. The number of benzene rings is 1. The molecule has 1 aliphatic heterocycles. The van der Waals surface area contributed by atoms with E-state index in [1.165, 1.54) is 11.0 Å². The molecule has 0 atom stereocenters. The molecule has 0 spiro atoms. The lowest BCUT2D eigenvalue weighted by Crippen LogP contribution is -2.46.